The molecule has 1 N–H and O–H groups in total. The van der Waals surface area contributed by atoms with Crippen LogP contribution in [0.3, 0.4) is 0 Å². The Labute approximate surface area is 127 Å². The smallest absolute Gasteiger partial charge is 0.317 e. The van der Waals surface area contributed by atoms with Crippen LogP contribution in [0.2, 0.25) is 0 Å². The molecule has 4 nitrogen and oxygen atoms in total. The van der Waals surface area contributed by atoms with Crippen LogP contribution in [0.1, 0.15) is 31.4 Å². The van der Waals surface area contributed by atoms with E-state index in [2.05, 4.69) is 37.4 Å². The van der Waals surface area contributed by atoms with Crippen molar-refractivity contribution in [2.75, 3.05) is 26.3 Å². The van der Waals surface area contributed by atoms with Crippen LogP contribution in [-0.2, 0) is 17.7 Å². The van der Waals surface area contributed by atoms with Crippen LogP contribution >= 0.6 is 0 Å². The molecule has 0 aromatic heterocycles. The van der Waals surface area contributed by atoms with Crippen molar-refractivity contribution in [3.05, 3.63) is 35.4 Å². The fourth-order valence-corrected chi connectivity index (χ4v) is 2.47. The summed E-state index contributed by atoms with van der Waals surface area (Å²) in [6.07, 6.45) is 1.81. The van der Waals surface area contributed by atoms with E-state index in [1.807, 2.05) is 11.0 Å². The van der Waals surface area contributed by atoms with Crippen molar-refractivity contribution in [3.8, 4) is 0 Å². The standard InChI is InChI=1S/C17H26N2O2/c1-14(2)13-21-11-5-9-18-17(20)19-10-8-15-6-3-4-7-16(15)12-19/h3-4,6-7,14H,5,8-13H2,1-2H3,(H,18,20). The summed E-state index contributed by atoms with van der Waals surface area (Å²) in [6.45, 7) is 7.96. The molecule has 0 atom stereocenters. The fraction of sp³-hybridized carbons (Fsp3) is 0.588. The molecule has 1 aliphatic rings. The van der Waals surface area contributed by atoms with E-state index in [-0.39, 0.29) is 6.03 Å². The monoisotopic (exact) mass is 290 g/mol. The molecule has 1 aromatic carbocycles. The minimum atomic E-state index is 0.0355. The van der Waals surface area contributed by atoms with Crippen LogP contribution in [0, 0.1) is 5.92 Å². The minimum absolute atomic E-state index is 0.0355. The lowest BCUT2D eigenvalue weighted by molar-refractivity contribution is 0.107. The van der Waals surface area contributed by atoms with E-state index >= 15 is 0 Å². The molecule has 116 valence electrons. The fourth-order valence-electron chi connectivity index (χ4n) is 2.47. The van der Waals surface area contributed by atoms with Gasteiger partial charge in [-0.05, 0) is 29.9 Å². The molecule has 0 radical (unpaired) electrons. The Morgan fingerprint density at radius 3 is 2.86 bits per heavy atom. The average Bonchev–Trinajstić information content (AvgIpc) is 2.49. The van der Waals surface area contributed by atoms with Gasteiger partial charge in [-0.2, -0.15) is 0 Å². The zero-order valence-electron chi connectivity index (χ0n) is 13.1. The molecular formula is C17H26N2O2. The van der Waals surface area contributed by atoms with E-state index in [9.17, 15) is 4.79 Å². The molecule has 1 aromatic rings. The van der Waals surface area contributed by atoms with Crippen LogP contribution in [0.5, 0.6) is 0 Å². The SMILES string of the molecule is CC(C)COCCCNC(=O)N1CCc2ccccc2C1. The second kappa shape index (κ2) is 8.03. The van der Waals surface area contributed by atoms with Gasteiger partial charge in [-0.1, -0.05) is 38.1 Å². The van der Waals surface area contributed by atoms with Crippen molar-refractivity contribution in [3.63, 3.8) is 0 Å². The van der Waals surface area contributed by atoms with Gasteiger partial charge in [0.2, 0.25) is 0 Å². The number of urea groups is 1. The predicted octanol–water partition coefficient (Wildman–Crippen LogP) is 2.82. The Kier molecular flexibility index (Phi) is 6.05. The molecule has 2 amide bonds. The van der Waals surface area contributed by atoms with Crippen molar-refractivity contribution in [2.24, 2.45) is 5.92 Å². The molecule has 1 heterocycles. The van der Waals surface area contributed by atoms with Crippen molar-refractivity contribution in [1.82, 2.24) is 10.2 Å². The number of fused-ring (bicyclic) bond motifs is 1. The molecular weight excluding hydrogens is 264 g/mol. The summed E-state index contributed by atoms with van der Waals surface area (Å²) < 4.78 is 5.50. The number of benzene rings is 1. The van der Waals surface area contributed by atoms with E-state index < -0.39 is 0 Å². The van der Waals surface area contributed by atoms with Gasteiger partial charge in [0.25, 0.3) is 0 Å². The van der Waals surface area contributed by atoms with Crippen LogP contribution in [0.15, 0.2) is 24.3 Å². The van der Waals surface area contributed by atoms with Crippen LogP contribution in [-0.4, -0.2) is 37.2 Å². The number of ether oxygens (including phenoxy) is 1. The van der Waals surface area contributed by atoms with Gasteiger partial charge in [-0.3, -0.25) is 0 Å². The predicted molar refractivity (Wildman–Crippen MR) is 84.2 cm³/mol. The maximum atomic E-state index is 12.1. The first-order chi connectivity index (χ1) is 10.2. The molecule has 0 saturated carbocycles. The third kappa shape index (κ3) is 5.05. The van der Waals surface area contributed by atoms with Gasteiger partial charge in [0, 0.05) is 32.8 Å². The van der Waals surface area contributed by atoms with Crippen LogP contribution in [0.4, 0.5) is 4.79 Å². The highest BCUT2D eigenvalue weighted by Gasteiger charge is 2.19. The summed E-state index contributed by atoms with van der Waals surface area (Å²) in [7, 11) is 0. The van der Waals surface area contributed by atoms with Gasteiger partial charge in [-0.15, -0.1) is 0 Å². The Bertz CT molecular complexity index is 460. The van der Waals surface area contributed by atoms with Crippen molar-refractivity contribution in [1.29, 1.82) is 0 Å². The topological polar surface area (TPSA) is 41.6 Å². The average molecular weight is 290 g/mol. The van der Waals surface area contributed by atoms with Crippen molar-refractivity contribution in [2.45, 2.75) is 33.2 Å². The highest BCUT2D eigenvalue weighted by molar-refractivity contribution is 5.74. The Hall–Kier alpha value is -1.55. The number of carbonyl (C=O) groups excluding carboxylic acids is 1. The third-order valence-corrected chi connectivity index (χ3v) is 3.61. The van der Waals surface area contributed by atoms with E-state index in [1.54, 1.807) is 0 Å². The molecule has 1 aliphatic heterocycles. The number of carbonyl (C=O) groups is 1. The first-order valence-electron chi connectivity index (χ1n) is 7.84. The zero-order chi connectivity index (χ0) is 15.1. The van der Waals surface area contributed by atoms with Gasteiger partial charge in [0.15, 0.2) is 0 Å². The molecule has 0 fully saturated rings. The Morgan fingerprint density at radius 1 is 1.33 bits per heavy atom. The molecule has 0 bridgehead atoms. The lowest BCUT2D eigenvalue weighted by atomic mass is 10.0. The van der Waals surface area contributed by atoms with Gasteiger partial charge in [-0.25, -0.2) is 4.79 Å². The normalized spacial score (nSPS) is 14.1. The first kappa shape index (κ1) is 15.8. The summed E-state index contributed by atoms with van der Waals surface area (Å²) >= 11 is 0. The summed E-state index contributed by atoms with van der Waals surface area (Å²) in [6, 6.07) is 8.39. The minimum Gasteiger partial charge on any atom is -0.381 e. The summed E-state index contributed by atoms with van der Waals surface area (Å²) in [4.78, 5) is 14.0. The van der Waals surface area contributed by atoms with Crippen LogP contribution < -0.4 is 5.32 Å². The molecule has 0 saturated heterocycles. The molecule has 21 heavy (non-hydrogen) atoms. The number of amides is 2. The van der Waals surface area contributed by atoms with Gasteiger partial charge in [0.1, 0.15) is 0 Å². The summed E-state index contributed by atoms with van der Waals surface area (Å²) in [5, 5.41) is 2.98. The maximum absolute atomic E-state index is 12.1. The Balaban J connectivity index is 1.66. The zero-order valence-corrected chi connectivity index (χ0v) is 13.1. The van der Waals surface area contributed by atoms with Crippen LogP contribution in [0.25, 0.3) is 0 Å². The van der Waals surface area contributed by atoms with E-state index in [4.69, 9.17) is 4.74 Å². The first-order valence-corrected chi connectivity index (χ1v) is 7.84. The molecule has 0 spiro atoms. The van der Waals surface area contributed by atoms with Crippen molar-refractivity contribution >= 4 is 6.03 Å². The second-order valence-electron chi connectivity index (χ2n) is 5.99. The van der Waals surface area contributed by atoms with Gasteiger partial charge < -0.3 is 15.0 Å². The van der Waals surface area contributed by atoms with Crippen molar-refractivity contribution < 1.29 is 9.53 Å². The maximum Gasteiger partial charge on any atom is 0.317 e. The third-order valence-electron chi connectivity index (χ3n) is 3.61. The lowest BCUT2D eigenvalue weighted by Crippen LogP contribution is -2.43. The number of hydrogen-bond donors (Lipinski definition) is 1. The molecule has 4 heteroatoms. The number of rotatable bonds is 6. The number of nitrogens with one attached hydrogen (secondary N) is 1. The summed E-state index contributed by atoms with van der Waals surface area (Å²) in [5.41, 5.74) is 2.63. The highest BCUT2D eigenvalue weighted by atomic mass is 16.5. The van der Waals surface area contributed by atoms with E-state index in [1.165, 1.54) is 11.1 Å². The molecule has 0 aliphatic carbocycles. The highest BCUT2D eigenvalue weighted by Crippen LogP contribution is 2.18. The molecule has 0 unspecified atom stereocenters. The quantitative estimate of drug-likeness (QED) is 0.819. The summed E-state index contributed by atoms with van der Waals surface area (Å²) in [5.74, 6) is 0.563. The van der Waals surface area contributed by atoms with E-state index in [0.29, 0.717) is 25.6 Å². The lowest BCUT2D eigenvalue weighted by Gasteiger charge is -2.29. The van der Waals surface area contributed by atoms with E-state index in [0.717, 1.165) is 26.0 Å². The number of hydrogen-bond acceptors (Lipinski definition) is 2. The Morgan fingerprint density at radius 2 is 2.10 bits per heavy atom. The molecule has 2 rings (SSSR count). The van der Waals surface area contributed by atoms with Gasteiger partial charge in [0.05, 0.1) is 0 Å². The second-order valence-corrected chi connectivity index (χ2v) is 5.99. The number of nitrogens with zero attached hydrogens (tertiary/aromatic N) is 1. The van der Waals surface area contributed by atoms with Gasteiger partial charge >= 0.3 is 6.03 Å². The largest absolute Gasteiger partial charge is 0.381 e.